The molecule has 0 spiro atoms. The van der Waals surface area contributed by atoms with E-state index in [4.69, 9.17) is 4.84 Å². The number of amides is 1. The summed E-state index contributed by atoms with van der Waals surface area (Å²) < 4.78 is 0. The number of hydrogen-bond acceptors (Lipinski definition) is 4. The maximum absolute atomic E-state index is 11.2. The number of hydrogen-bond donors (Lipinski definition) is 1. The van der Waals surface area contributed by atoms with Gasteiger partial charge < -0.3 is 4.84 Å². The van der Waals surface area contributed by atoms with E-state index in [1.54, 1.807) is 19.9 Å². The zero-order valence-corrected chi connectivity index (χ0v) is 8.97. The van der Waals surface area contributed by atoms with Gasteiger partial charge in [-0.15, -0.1) is 0 Å². The smallest absolute Gasteiger partial charge is 0.314 e. The van der Waals surface area contributed by atoms with Gasteiger partial charge in [0.1, 0.15) is 0 Å². The van der Waals surface area contributed by atoms with Crippen molar-refractivity contribution in [3.63, 3.8) is 0 Å². The molecule has 0 saturated heterocycles. The van der Waals surface area contributed by atoms with E-state index < -0.39 is 4.92 Å². The Morgan fingerprint density at radius 2 is 2.06 bits per heavy atom. The predicted molar refractivity (Wildman–Crippen MR) is 56.7 cm³/mol. The standard InChI is InChI=1S/C10H12N2O4/c1-7(2)10(13)11-16-9-6-4-3-5-8(9)12(14)15/h3-7H,1-2H3,(H,11,13). The molecule has 6 heteroatoms. The average molecular weight is 224 g/mol. The van der Waals surface area contributed by atoms with Crippen LogP contribution in [-0.2, 0) is 4.79 Å². The number of carbonyl (C=O) groups excluding carboxylic acids is 1. The van der Waals surface area contributed by atoms with Crippen LogP contribution in [0.3, 0.4) is 0 Å². The van der Waals surface area contributed by atoms with E-state index in [1.165, 1.54) is 18.2 Å². The number of para-hydroxylation sites is 2. The van der Waals surface area contributed by atoms with Crippen LogP contribution in [0.5, 0.6) is 5.75 Å². The van der Waals surface area contributed by atoms with Crippen molar-refractivity contribution in [2.45, 2.75) is 13.8 Å². The number of nitrogens with zero attached hydrogens (tertiary/aromatic N) is 1. The molecule has 0 aliphatic carbocycles. The summed E-state index contributed by atoms with van der Waals surface area (Å²) in [5, 5.41) is 10.6. The molecule has 0 bridgehead atoms. The fourth-order valence-electron chi connectivity index (χ4n) is 0.917. The zero-order valence-electron chi connectivity index (χ0n) is 8.97. The molecule has 1 N–H and O–H groups in total. The molecule has 1 aromatic carbocycles. The molecule has 0 aliphatic heterocycles. The van der Waals surface area contributed by atoms with E-state index in [0.717, 1.165) is 0 Å². The van der Waals surface area contributed by atoms with Crippen LogP contribution in [0.2, 0.25) is 0 Å². The molecule has 1 amide bonds. The van der Waals surface area contributed by atoms with E-state index in [-0.39, 0.29) is 23.3 Å². The van der Waals surface area contributed by atoms with E-state index >= 15 is 0 Å². The molecule has 0 radical (unpaired) electrons. The van der Waals surface area contributed by atoms with Crippen LogP contribution >= 0.6 is 0 Å². The van der Waals surface area contributed by atoms with E-state index in [9.17, 15) is 14.9 Å². The Bertz CT molecular complexity index is 404. The third kappa shape index (κ3) is 2.94. The molecule has 0 aromatic heterocycles. The Balaban J connectivity index is 2.74. The van der Waals surface area contributed by atoms with Crippen molar-refractivity contribution >= 4 is 11.6 Å². The molecule has 1 rings (SSSR count). The third-order valence-electron chi connectivity index (χ3n) is 1.85. The highest BCUT2D eigenvalue weighted by Gasteiger charge is 2.15. The van der Waals surface area contributed by atoms with E-state index in [0.29, 0.717) is 0 Å². The minimum absolute atomic E-state index is 0.0153. The number of nitro groups is 1. The summed E-state index contributed by atoms with van der Waals surface area (Å²) >= 11 is 0. The highest BCUT2D eigenvalue weighted by Crippen LogP contribution is 2.24. The fraction of sp³-hybridized carbons (Fsp3) is 0.300. The Hall–Kier alpha value is -2.11. The molecule has 0 heterocycles. The summed E-state index contributed by atoms with van der Waals surface area (Å²) in [4.78, 5) is 26.1. The number of rotatable bonds is 4. The van der Waals surface area contributed by atoms with Gasteiger partial charge in [-0.2, -0.15) is 5.48 Å². The fourth-order valence-corrected chi connectivity index (χ4v) is 0.917. The molecule has 6 nitrogen and oxygen atoms in total. The third-order valence-corrected chi connectivity index (χ3v) is 1.85. The van der Waals surface area contributed by atoms with Crippen molar-refractivity contribution in [2.24, 2.45) is 5.92 Å². The van der Waals surface area contributed by atoms with Crippen LogP contribution in [0.4, 0.5) is 5.69 Å². The van der Waals surface area contributed by atoms with Crippen LogP contribution in [0.1, 0.15) is 13.8 Å². The first-order chi connectivity index (χ1) is 7.52. The summed E-state index contributed by atoms with van der Waals surface area (Å²) in [7, 11) is 0. The molecule has 0 atom stereocenters. The van der Waals surface area contributed by atoms with E-state index in [2.05, 4.69) is 5.48 Å². The first kappa shape index (κ1) is 12.0. The summed E-state index contributed by atoms with van der Waals surface area (Å²) in [5.41, 5.74) is 1.96. The molecular formula is C10H12N2O4. The van der Waals surface area contributed by atoms with Crippen molar-refractivity contribution in [3.05, 3.63) is 34.4 Å². The van der Waals surface area contributed by atoms with E-state index in [1.807, 2.05) is 0 Å². The molecule has 0 saturated carbocycles. The Labute approximate surface area is 92.3 Å². The van der Waals surface area contributed by atoms with Gasteiger partial charge in [0.25, 0.3) is 5.91 Å². The Kier molecular flexibility index (Phi) is 3.82. The number of carbonyl (C=O) groups is 1. The lowest BCUT2D eigenvalue weighted by atomic mass is 10.2. The number of nitrogens with one attached hydrogen (secondary N) is 1. The maximum atomic E-state index is 11.2. The SMILES string of the molecule is CC(C)C(=O)NOc1ccccc1[N+](=O)[O-]. The lowest BCUT2D eigenvalue weighted by molar-refractivity contribution is -0.386. The van der Waals surface area contributed by atoms with Gasteiger partial charge in [0.05, 0.1) is 4.92 Å². The van der Waals surface area contributed by atoms with Gasteiger partial charge in [-0.3, -0.25) is 14.9 Å². The molecule has 0 fully saturated rings. The van der Waals surface area contributed by atoms with Gasteiger partial charge >= 0.3 is 5.69 Å². The van der Waals surface area contributed by atoms with Crippen LogP contribution in [-0.4, -0.2) is 10.8 Å². The number of benzene rings is 1. The van der Waals surface area contributed by atoms with Crippen molar-refractivity contribution < 1.29 is 14.6 Å². The molecule has 1 aromatic rings. The summed E-state index contributed by atoms with van der Waals surface area (Å²) in [6.45, 7) is 3.39. The summed E-state index contributed by atoms with van der Waals surface area (Å²) in [5.74, 6) is -0.567. The monoisotopic (exact) mass is 224 g/mol. The molecular weight excluding hydrogens is 212 g/mol. The Morgan fingerprint density at radius 1 is 1.44 bits per heavy atom. The normalized spacial score (nSPS) is 9.94. The molecule has 0 unspecified atom stereocenters. The predicted octanol–water partition coefficient (Wildman–Crippen LogP) is 1.66. The zero-order chi connectivity index (χ0) is 12.1. The first-order valence-electron chi connectivity index (χ1n) is 4.72. The van der Waals surface area contributed by atoms with Crippen LogP contribution in [0, 0.1) is 16.0 Å². The number of hydroxylamine groups is 1. The largest absolute Gasteiger partial charge is 0.372 e. The van der Waals surface area contributed by atoms with Gasteiger partial charge in [0, 0.05) is 12.0 Å². The van der Waals surface area contributed by atoms with Gasteiger partial charge in [-0.25, -0.2) is 0 Å². The molecule has 86 valence electrons. The second-order valence-corrected chi connectivity index (χ2v) is 3.45. The van der Waals surface area contributed by atoms with Crippen molar-refractivity contribution in [1.29, 1.82) is 0 Å². The summed E-state index contributed by atoms with van der Waals surface area (Å²) in [6.07, 6.45) is 0. The van der Waals surface area contributed by atoms with Crippen molar-refractivity contribution in [1.82, 2.24) is 5.48 Å². The first-order valence-corrected chi connectivity index (χ1v) is 4.72. The quantitative estimate of drug-likeness (QED) is 0.622. The second kappa shape index (κ2) is 5.11. The van der Waals surface area contributed by atoms with Gasteiger partial charge in [0.15, 0.2) is 0 Å². The Morgan fingerprint density at radius 3 is 2.62 bits per heavy atom. The molecule has 16 heavy (non-hydrogen) atoms. The molecule has 0 aliphatic rings. The minimum Gasteiger partial charge on any atom is -0.372 e. The van der Waals surface area contributed by atoms with Gasteiger partial charge in [-0.05, 0) is 6.07 Å². The van der Waals surface area contributed by atoms with Gasteiger partial charge in [-0.1, -0.05) is 26.0 Å². The van der Waals surface area contributed by atoms with Gasteiger partial charge in [0.2, 0.25) is 5.75 Å². The lowest BCUT2D eigenvalue weighted by Gasteiger charge is -2.08. The minimum atomic E-state index is -0.573. The van der Waals surface area contributed by atoms with Crippen molar-refractivity contribution in [3.8, 4) is 5.75 Å². The van der Waals surface area contributed by atoms with Crippen LogP contribution in [0.25, 0.3) is 0 Å². The van der Waals surface area contributed by atoms with Crippen LogP contribution < -0.4 is 10.3 Å². The second-order valence-electron chi connectivity index (χ2n) is 3.45. The topological polar surface area (TPSA) is 81.5 Å². The average Bonchev–Trinajstić information content (AvgIpc) is 2.25. The van der Waals surface area contributed by atoms with Crippen molar-refractivity contribution in [2.75, 3.05) is 0 Å². The maximum Gasteiger partial charge on any atom is 0.314 e. The highest BCUT2D eigenvalue weighted by molar-refractivity contribution is 5.77. The highest BCUT2D eigenvalue weighted by atomic mass is 16.7. The number of nitro benzene ring substituents is 1. The summed E-state index contributed by atoms with van der Waals surface area (Å²) in [6, 6.07) is 5.83. The van der Waals surface area contributed by atoms with Crippen LogP contribution in [0.15, 0.2) is 24.3 Å². The lowest BCUT2D eigenvalue weighted by Crippen LogP contribution is -2.30.